The summed E-state index contributed by atoms with van der Waals surface area (Å²) in [7, 11) is -9.48. The molecule has 4 fully saturated rings. The van der Waals surface area contributed by atoms with Crippen molar-refractivity contribution in [3.8, 4) is 0 Å². The summed E-state index contributed by atoms with van der Waals surface area (Å²) in [5, 5.41) is 66.8. The van der Waals surface area contributed by atoms with Crippen LogP contribution in [0.5, 0.6) is 0 Å². The van der Waals surface area contributed by atoms with Gasteiger partial charge in [-0.25, -0.2) is 13.2 Å². The third-order valence-corrected chi connectivity index (χ3v) is 14.2. The fourth-order valence-corrected chi connectivity index (χ4v) is 10.7. The topological polar surface area (TPSA) is 394 Å². The van der Waals surface area contributed by atoms with Crippen LogP contribution >= 0.6 is 0 Å². The van der Waals surface area contributed by atoms with Crippen molar-refractivity contribution in [3.05, 3.63) is 0 Å². The molecule has 0 radical (unpaired) electrons. The van der Waals surface area contributed by atoms with Gasteiger partial charge in [-0.05, 0) is 50.9 Å². The van der Waals surface area contributed by atoms with Gasteiger partial charge in [-0.1, -0.05) is 45.4 Å². The highest BCUT2D eigenvalue weighted by atomic mass is 32.3. The molecule has 6 unspecified atom stereocenters. The van der Waals surface area contributed by atoms with Crippen molar-refractivity contribution in [1.29, 1.82) is 0 Å². The number of carbonyl (C=O) groups excluding carboxylic acids is 3. The third-order valence-electron chi connectivity index (χ3n) is 13.3. The number of amides is 1. The van der Waals surface area contributed by atoms with Gasteiger partial charge in [0.15, 0.2) is 30.6 Å². The van der Waals surface area contributed by atoms with E-state index in [2.05, 4.69) is 13.7 Å². The molecule has 28 heteroatoms. The lowest BCUT2D eigenvalue weighted by atomic mass is 9.74. The average Bonchev–Trinajstić information content (AvgIpc) is 3.29. The highest BCUT2D eigenvalue weighted by Crippen LogP contribution is 2.40. The molecule has 2 saturated carbocycles. The number of carbonyl (C=O) groups is 4. The Morgan fingerprint density at radius 3 is 2.03 bits per heavy atom. The Morgan fingerprint density at radius 2 is 1.45 bits per heavy atom. The number of hydrogen-bond donors (Lipinski definition) is 9. The van der Waals surface area contributed by atoms with Crippen LogP contribution in [0.1, 0.15) is 104 Å². The summed E-state index contributed by atoms with van der Waals surface area (Å²) in [5.74, 6) is -4.39. The quantitative estimate of drug-likeness (QED) is 0.0325. The van der Waals surface area contributed by atoms with E-state index < -0.39 is 162 Å². The van der Waals surface area contributed by atoms with Crippen LogP contribution in [0.3, 0.4) is 0 Å². The van der Waals surface area contributed by atoms with Crippen LogP contribution in [-0.4, -0.2) is 205 Å². The van der Waals surface area contributed by atoms with Crippen molar-refractivity contribution < 1.29 is 117 Å². The van der Waals surface area contributed by atoms with Crippen molar-refractivity contribution in [3.63, 3.8) is 0 Å². The standard InChI is InChI=1S/C43H73NO25S2/c1-5-25-18-26(27(47)13-9-15-62-16-10-14-28(48)39(69-71(58,59)60)32(21-61-4)68-70(55,56)57)19-29(38(25)67-43-37(52)36(51)34(49)22(2)63-43)65-42-33(44-23(3)46)40(35(50)31(20-45)66-42)64-30(41(53)54)17-24-11-7-6-8-12-24/h22,24-26,29-40,42-43,45,49-52H,5-21H2,1-4H3,(H,44,46)(H,53,54)(H,55,56,57)(H,58,59,60)/t22?,25?,26?,29-,30+,31+,32-,33?,34-,35+,36+,37?,38-,39+,40?,42-,43+/m1/s1. The number of carboxylic acid groups (broad SMARTS) is 1. The minimum atomic E-state index is -5.31. The van der Waals surface area contributed by atoms with Crippen molar-refractivity contribution in [2.75, 3.05) is 33.5 Å². The van der Waals surface area contributed by atoms with E-state index in [-0.39, 0.29) is 63.4 Å². The molecule has 0 spiro atoms. The molecule has 412 valence electrons. The lowest BCUT2D eigenvalue weighted by Crippen LogP contribution is -2.67. The van der Waals surface area contributed by atoms with Gasteiger partial charge in [0.05, 0.1) is 31.5 Å². The summed E-state index contributed by atoms with van der Waals surface area (Å²) in [5.41, 5.74) is 0. The van der Waals surface area contributed by atoms with E-state index in [4.69, 9.17) is 37.7 Å². The Balaban J connectivity index is 1.51. The first kappa shape index (κ1) is 61.1. The van der Waals surface area contributed by atoms with E-state index in [0.29, 0.717) is 6.42 Å². The number of rotatable bonds is 29. The molecule has 0 bridgehead atoms. The fraction of sp³-hybridized carbons (Fsp3) is 0.907. The summed E-state index contributed by atoms with van der Waals surface area (Å²) < 4.78 is 114. The van der Waals surface area contributed by atoms with Gasteiger partial charge < -0.3 is 69.1 Å². The second kappa shape index (κ2) is 28.4. The van der Waals surface area contributed by atoms with Crippen molar-refractivity contribution in [2.24, 2.45) is 17.8 Å². The monoisotopic (exact) mass is 1070 g/mol. The lowest BCUT2D eigenvalue weighted by molar-refractivity contribution is -0.338. The molecule has 0 aromatic heterocycles. The second-order valence-corrected chi connectivity index (χ2v) is 20.7. The minimum absolute atomic E-state index is 0.000558. The van der Waals surface area contributed by atoms with Crippen LogP contribution < -0.4 is 5.32 Å². The number of methoxy groups -OCH3 is 1. The zero-order chi connectivity index (χ0) is 52.8. The van der Waals surface area contributed by atoms with Crippen LogP contribution in [0, 0.1) is 17.8 Å². The van der Waals surface area contributed by atoms with Crippen LogP contribution in [-0.2, 0) is 81.5 Å². The number of Topliss-reactive ketones (excluding diaryl/α,β-unsaturated/α-hetero) is 2. The first-order valence-corrected chi connectivity index (χ1v) is 26.6. The molecule has 0 aromatic rings. The van der Waals surface area contributed by atoms with Crippen LogP contribution in [0.15, 0.2) is 0 Å². The maximum atomic E-state index is 14.0. The van der Waals surface area contributed by atoms with Gasteiger partial charge in [0.1, 0.15) is 54.6 Å². The number of ether oxygens (including phenoxy) is 7. The molecular weight excluding hydrogens is 995 g/mol. The number of carboxylic acids is 1. The van der Waals surface area contributed by atoms with Gasteiger partial charge in [0.25, 0.3) is 0 Å². The van der Waals surface area contributed by atoms with Crippen molar-refractivity contribution >= 4 is 44.2 Å². The van der Waals surface area contributed by atoms with Gasteiger partial charge in [0, 0.05) is 46.0 Å². The summed E-state index contributed by atoms with van der Waals surface area (Å²) in [4.78, 5) is 52.3. The Labute approximate surface area is 413 Å². The molecule has 71 heavy (non-hydrogen) atoms. The SMILES string of the molecule is CCC1CC(C(=O)CCCOCCCC(=O)[C@H](OS(=O)(=O)O)[C@@H](COC)OS(=O)(=O)O)C[C@@H](O[C@@H]2O[C@@H](CO)[C@H](O)C(O[C@@H](CC3CCCCC3)C(=O)O)C2NC(C)=O)[C@@H]1O[C@@H]1OC(C)[C@@H](O)[C@H](O)C1O. The molecule has 4 aliphatic rings. The summed E-state index contributed by atoms with van der Waals surface area (Å²) in [6, 6.07) is -1.38. The fourth-order valence-electron chi connectivity index (χ4n) is 9.71. The Bertz CT molecular complexity index is 1920. The molecule has 9 N–H and O–H groups in total. The number of aliphatic hydroxyl groups is 5. The predicted octanol–water partition coefficient (Wildman–Crippen LogP) is -0.850. The highest BCUT2D eigenvalue weighted by molar-refractivity contribution is 7.81. The molecule has 2 aliphatic carbocycles. The zero-order valence-electron chi connectivity index (χ0n) is 40.2. The second-order valence-electron chi connectivity index (χ2n) is 18.6. The normalized spacial score (nSPS) is 33.5. The van der Waals surface area contributed by atoms with E-state index in [9.17, 15) is 71.2 Å². The van der Waals surface area contributed by atoms with E-state index in [1.54, 1.807) is 0 Å². The van der Waals surface area contributed by atoms with Crippen LogP contribution in [0.2, 0.25) is 0 Å². The Kier molecular flexibility index (Phi) is 24.5. The van der Waals surface area contributed by atoms with E-state index in [1.165, 1.54) is 13.8 Å². The molecule has 26 nitrogen and oxygen atoms in total. The Hall–Kier alpha value is -2.46. The smallest absolute Gasteiger partial charge is 0.398 e. The van der Waals surface area contributed by atoms with Gasteiger partial charge in [-0.15, -0.1) is 0 Å². The summed E-state index contributed by atoms with van der Waals surface area (Å²) >= 11 is 0. The molecule has 2 saturated heterocycles. The maximum Gasteiger partial charge on any atom is 0.398 e. The van der Waals surface area contributed by atoms with E-state index >= 15 is 0 Å². The maximum absolute atomic E-state index is 14.0. The number of nitrogens with one attached hydrogen (secondary N) is 1. The average molecular weight is 1070 g/mol. The number of aliphatic carboxylic acids is 1. The largest absolute Gasteiger partial charge is 0.479 e. The molecule has 2 heterocycles. The van der Waals surface area contributed by atoms with E-state index in [0.717, 1.165) is 39.2 Å². The third kappa shape index (κ3) is 18.7. The molecular formula is C43H73NO25S2. The number of aliphatic hydroxyl groups excluding tert-OH is 5. The first-order valence-electron chi connectivity index (χ1n) is 23.9. The van der Waals surface area contributed by atoms with Crippen molar-refractivity contribution in [2.45, 2.75) is 196 Å². The highest BCUT2D eigenvalue weighted by Gasteiger charge is 2.53. The van der Waals surface area contributed by atoms with Crippen LogP contribution in [0.25, 0.3) is 0 Å². The number of ketones is 2. The minimum Gasteiger partial charge on any atom is -0.479 e. The number of hydrogen-bond acceptors (Lipinski definition) is 22. The van der Waals surface area contributed by atoms with Crippen LogP contribution in [0.4, 0.5) is 0 Å². The first-order chi connectivity index (χ1) is 33.4. The zero-order valence-corrected chi connectivity index (χ0v) is 41.9. The molecule has 17 atom stereocenters. The molecule has 1 amide bonds. The van der Waals surface area contributed by atoms with Crippen molar-refractivity contribution in [1.82, 2.24) is 5.32 Å². The summed E-state index contributed by atoms with van der Waals surface area (Å²) in [6.45, 7) is 2.83. The lowest BCUT2D eigenvalue weighted by Gasteiger charge is -2.49. The summed E-state index contributed by atoms with van der Waals surface area (Å²) in [6.07, 6.45) is -16.5. The van der Waals surface area contributed by atoms with Gasteiger partial charge in [0.2, 0.25) is 5.91 Å². The predicted molar refractivity (Wildman–Crippen MR) is 239 cm³/mol. The Morgan fingerprint density at radius 1 is 0.803 bits per heavy atom. The molecule has 0 aromatic carbocycles. The van der Waals surface area contributed by atoms with E-state index in [1.807, 2.05) is 6.92 Å². The van der Waals surface area contributed by atoms with Gasteiger partial charge >= 0.3 is 26.8 Å². The van der Waals surface area contributed by atoms with Gasteiger partial charge in [-0.3, -0.25) is 23.5 Å². The molecule has 2 aliphatic heterocycles. The molecule has 4 rings (SSSR count). The van der Waals surface area contributed by atoms with Gasteiger partial charge in [-0.2, -0.15) is 16.8 Å².